The van der Waals surface area contributed by atoms with Crippen molar-refractivity contribution in [3.8, 4) is 0 Å². The lowest BCUT2D eigenvalue weighted by Crippen LogP contribution is -2.27. The second-order valence-electron chi connectivity index (χ2n) is 4.70. The first kappa shape index (κ1) is 13.9. The highest BCUT2D eigenvalue weighted by Crippen LogP contribution is 2.32. The normalized spacial score (nSPS) is 23.3. The Kier molecular flexibility index (Phi) is 5.13. The van der Waals surface area contributed by atoms with Crippen LogP contribution in [0.5, 0.6) is 0 Å². The van der Waals surface area contributed by atoms with Gasteiger partial charge in [0.2, 0.25) is 0 Å². The third-order valence-corrected chi connectivity index (χ3v) is 4.97. The summed E-state index contributed by atoms with van der Waals surface area (Å²) in [7, 11) is 0. The number of nitrogens with zero attached hydrogens (tertiary/aromatic N) is 2. The minimum atomic E-state index is 0.515. The van der Waals surface area contributed by atoms with Gasteiger partial charge in [0.1, 0.15) is 17.3 Å². The van der Waals surface area contributed by atoms with Crippen LogP contribution >= 0.6 is 23.4 Å². The molecule has 18 heavy (non-hydrogen) atoms. The van der Waals surface area contributed by atoms with Gasteiger partial charge >= 0.3 is 0 Å². The van der Waals surface area contributed by atoms with Crippen molar-refractivity contribution in [1.82, 2.24) is 9.97 Å². The highest BCUT2D eigenvalue weighted by molar-refractivity contribution is 7.99. The van der Waals surface area contributed by atoms with Crippen molar-refractivity contribution >= 4 is 29.2 Å². The molecule has 0 spiro atoms. The van der Waals surface area contributed by atoms with Crippen LogP contribution in [0.1, 0.15) is 38.2 Å². The van der Waals surface area contributed by atoms with Gasteiger partial charge < -0.3 is 5.32 Å². The Hall–Kier alpha value is -0.480. The lowest BCUT2D eigenvalue weighted by Gasteiger charge is -2.21. The molecule has 1 saturated carbocycles. The molecule has 0 amide bonds. The summed E-state index contributed by atoms with van der Waals surface area (Å²) in [5.41, 5.74) is 1.06. The third-order valence-electron chi connectivity index (χ3n) is 3.47. The maximum Gasteiger partial charge on any atom is 0.137 e. The molecule has 0 aromatic carbocycles. The van der Waals surface area contributed by atoms with E-state index in [1.807, 2.05) is 11.8 Å². The van der Waals surface area contributed by atoms with E-state index in [4.69, 9.17) is 11.6 Å². The van der Waals surface area contributed by atoms with E-state index in [-0.39, 0.29) is 0 Å². The number of hydrogen-bond acceptors (Lipinski definition) is 4. The molecule has 0 radical (unpaired) electrons. The van der Waals surface area contributed by atoms with Crippen LogP contribution in [0.25, 0.3) is 0 Å². The summed E-state index contributed by atoms with van der Waals surface area (Å²) in [6, 6.07) is 0.515. The molecule has 2 atom stereocenters. The van der Waals surface area contributed by atoms with Crippen LogP contribution < -0.4 is 5.32 Å². The zero-order valence-corrected chi connectivity index (χ0v) is 12.5. The second-order valence-corrected chi connectivity index (χ2v) is 6.13. The van der Waals surface area contributed by atoms with Crippen molar-refractivity contribution in [1.29, 1.82) is 0 Å². The topological polar surface area (TPSA) is 37.8 Å². The van der Waals surface area contributed by atoms with E-state index >= 15 is 0 Å². The number of halogens is 1. The standard InChI is InChI=1S/C13H20ClN3S/c1-3-5-9-12(14)15-8-16-13(9)17-10-6-4-7-11(10)18-2/h8,10-11H,3-7H2,1-2H3,(H,15,16,17). The molecule has 2 rings (SSSR count). The summed E-state index contributed by atoms with van der Waals surface area (Å²) < 4.78 is 0. The number of nitrogens with one attached hydrogen (secondary N) is 1. The largest absolute Gasteiger partial charge is 0.366 e. The molecule has 1 aliphatic rings. The fourth-order valence-electron chi connectivity index (χ4n) is 2.54. The summed E-state index contributed by atoms with van der Waals surface area (Å²) in [5, 5.41) is 4.86. The average Bonchev–Trinajstić information content (AvgIpc) is 2.81. The molecule has 3 nitrogen and oxygen atoms in total. The summed E-state index contributed by atoms with van der Waals surface area (Å²) in [4.78, 5) is 8.46. The van der Waals surface area contributed by atoms with Gasteiger partial charge in [-0.3, -0.25) is 0 Å². The van der Waals surface area contributed by atoms with Crippen molar-refractivity contribution in [2.24, 2.45) is 0 Å². The monoisotopic (exact) mass is 285 g/mol. The van der Waals surface area contributed by atoms with Crippen LogP contribution in [-0.4, -0.2) is 27.5 Å². The second kappa shape index (κ2) is 6.62. The summed E-state index contributed by atoms with van der Waals surface area (Å²) in [6.45, 7) is 2.15. The van der Waals surface area contributed by atoms with Gasteiger partial charge in [-0.15, -0.1) is 0 Å². The molecular weight excluding hydrogens is 266 g/mol. The first-order valence-corrected chi connectivity index (χ1v) is 8.21. The lowest BCUT2D eigenvalue weighted by atomic mass is 10.1. The van der Waals surface area contributed by atoms with E-state index in [1.54, 1.807) is 6.33 Å². The third kappa shape index (κ3) is 3.09. The number of thioether (sulfide) groups is 1. The predicted octanol–water partition coefficient (Wildman–Crippen LogP) is 3.78. The lowest BCUT2D eigenvalue weighted by molar-refractivity contribution is 0.756. The van der Waals surface area contributed by atoms with Crippen molar-refractivity contribution in [2.75, 3.05) is 11.6 Å². The van der Waals surface area contributed by atoms with Crippen molar-refractivity contribution in [3.05, 3.63) is 17.0 Å². The highest BCUT2D eigenvalue weighted by Gasteiger charge is 2.27. The molecule has 5 heteroatoms. The Morgan fingerprint density at radius 3 is 3.00 bits per heavy atom. The van der Waals surface area contributed by atoms with Crippen LogP contribution in [0.4, 0.5) is 5.82 Å². The van der Waals surface area contributed by atoms with Gasteiger partial charge in [0.15, 0.2) is 0 Å². The zero-order chi connectivity index (χ0) is 13.0. The number of rotatable bonds is 5. The SMILES string of the molecule is CCCc1c(Cl)ncnc1NC1CCCC1SC. The molecule has 1 aromatic heterocycles. The van der Waals surface area contributed by atoms with Gasteiger partial charge in [0.05, 0.1) is 0 Å². The molecule has 1 aliphatic carbocycles. The van der Waals surface area contributed by atoms with Crippen LogP contribution in [-0.2, 0) is 6.42 Å². The fourth-order valence-corrected chi connectivity index (χ4v) is 3.70. The maximum atomic E-state index is 6.17. The summed E-state index contributed by atoms with van der Waals surface area (Å²) >= 11 is 8.11. The van der Waals surface area contributed by atoms with E-state index in [0.29, 0.717) is 16.4 Å². The average molecular weight is 286 g/mol. The molecule has 1 aromatic rings. The molecule has 1 fully saturated rings. The molecule has 0 saturated heterocycles. The number of aromatic nitrogens is 2. The summed E-state index contributed by atoms with van der Waals surface area (Å²) in [6.07, 6.45) is 9.53. The Bertz CT molecular complexity index is 400. The van der Waals surface area contributed by atoms with Crippen LogP contribution in [0, 0.1) is 0 Å². The van der Waals surface area contributed by atoms with Gasteiger partial charge in [0.25, 0.3) is 0 Å². The van der Waals surface area contributed by atoms with Crippen LogP contribution in [0.15, 0.2) is 6.33 Å². The quantitative estimate of drug-likeness (QED) is 0.836. The Morgan fingerprint density at radius 2 is 2.28 bits per heavy atom. The first-order chi connectivity index (χ1) is 8.76. The Labute approximate surface area is 118 Å². The molecule has 1 heterocycles. The van der Waals surface area contributed by atoms with Gasteiger partial charge in [-0.05, 0) is 25.5 Å². The van der Waals surface area contributed by atoms with Gasteiger partial charge in [-0.1, -0.05) is 31.4 Å². The molecule has 2 unspecified atom stereocenters. The smallest absolute Gasteiger partial charge is 0.137 e. The maximum absolute atomic E-state index is 6.17. The molecule has 1 N–H and O–H groups in total. The van der Waals surface area contributed by atoms with E-state index in [9.17, 15) is 0 Å². The molecule has 100 valence electrons. The Morgan fingerprint density at radius 1 is 1.44 bits per heavy atom. The van der Waals surface area contributed by atoms with E-state index in [0.717, 1.165) is 24.2 Å². The van der Waals surface area contributed by atoms with Gasteiger partial charge in [-0.2, -0.15) is 11.8 Å². The molecule has 0 aliphatic heterocycles. The van der Waals surface area contributed by atoms with Crippen molar-refractivity contribution < 1.29 is 0 Å². The zero-order valence-electron chi connectivity index (χ0n) is 10.9. The number of anilines is 1. The summed E-state index contributed by atoms with van der Waals surface area (Å²) in [5.74, 6) is 0.933. The van der Waals surface area contributed by atoms with E-state index in [2.05, 4.69) is 28.5 Å². The Balaban J connectivity index is 2.15. The highest BCUT2D eigenvalue weighted by atomic mass is 35.5. The minimum Gasteiger partial charge on any atom is -0.366 e. The van der Waals surface area contributed by atoms with Crippen LogP contribution in [0.2, 0.25) is 5.15 Å². The molecular formula is C13H20ClN3S. The van der Waals surface area contributed by atoms with Crippen molar-refractivity contribution in [3.63, 3.8) is 0 Å². The van der Waals surface area contributed by atoms with E-state index < -0.39 is 0 Å². The van der Waals surface area contributed by atoms with Gasteiger partial charge in [-0.25, -0.2) is 9.97 Å². The van der Waals surface area contributed by atoms with Crippen molar-refractivity contribution in [2.45, 2.75) is 50.3 Å². The van der Waals surface area contributed by atoms with Gasteiger partial charge in [0, 0.05) is 16.9 Å². The number of hydrogen-bond donors (Lipinski definition) is 1. The van der Waals surface area contributed by atoms with Crippen LogP contribution in [0.3, 0.4) is 0 Å². The minimum absolute atomic E-state index is 0.515. The molecule has 0 bridgehead atoms. The fraction of sp³-hybridized carbons (Fsp3) is 0.692. The predicted molar refractivity (Wildman–Crippen MR) is 79.6 cm³/mol. The van der Waals surface area contributed by atoms with E-state index in [1.165, 1.54) is 19.3 Å². The first-order valence-electron chi connectivity index (χ1n) is 6.55.